The highest BCUT2D eigenvalue weighted by Gasteiger charge is 2.24. The van der Waals surface area contributed by atoms with E-state index in [4.69, 9.17) is 4.42 Å². The van der Waals surface area contributed by atoms with E-state index in [0.29, 0.717) is 31.9 Å². The first kappa shape index (κ1) is 16.5. The van der Waals surface area contributed by atoms with Gasteiger partial charge >= 0.3 is 0 Å². The van der Waals surface area contributed by atoms with Gasteiger partial charge in [0.2, 0.25) is 5.91 Å². The van der Waals surface area contributed by atoms with Crippen LogP contribution in [0.1, 0.15) is 12.7 Å². The van der Waals surface area contributed by atoms with E-state index in [-0.39, 0.29) is 11.8 Å². The predicted octanol–water partition coefficient (Wildman–Crippen LogP) is 3.89. The van der Waals surface area contributed by atoms with E-state index in [0.717, 1.165) is 0 Å². The molecule has 122 valence electrons. The Labute approximate surface area is 150 Å². The summed E-state index contributed by atoms with van der Waals surface area (Å²) >= 11 is 4.46. The normalized spacial score (nSPS) is 17.3. The molecule has 1 aromatic heterocycles. The molecule has 1 aromatic carbocycles. The first-order chi connectivity index (χ1) is 11.5. The molecule has 2 aromatic rings. The van der Waals surface area contributed by atoms with Crippen molar-refractivity contribution in [2.45, 2.75) is 6.92 Å². The Bertz CT molecular complexity index is 856. The van der Waals surface area contributed by atoms with Crippen LogP contribution in [0.5, 0.6) is 0 Å². The summed E-state index contributed by atoms with van der Waals surface area (Å²) in [6.07, 6.45) is 1.66. The Hall–Kier alpha value is -2.32. The molecule has 0 bridgehead atoms. The molecule has 1 aliphatic heterocycles. The number of nitrogens with one attached hydrogen (secondary N) is 2. The van der Waals surface area contributed by atoms with Gasteiger partial charge in [-0.15, -0.1) is 0 Å². The number of amidine groups is 1. The summed E-state index contributed by atoms with van der Waals surface area (Å²) in [6.45, 7) is 1.45. The molecule has 0 spiro atoms. The summed E-state index contributed by atoms with van der Waals surface area (Å²) < 4.78 is 5.97. The van der Waals surface area contributed by atoms with E-state index in [2.05, 4.69) is 31.6 Å². The maximum atomic E-state index is 12.0. The van der Waals surface area contributed by atoms with Gasteiger partial charge in [0, 0.05) is 18.7 Å². The number of anilines is 1. The van der Waals surface area contributed by atoms with Crippen molar-refractivity contribution in [3.63, 3.8) is 0 Å². The number of aliphatic imine (C=N–C) groups is 1. The highest BCUT2D eigenvalue weighted by molar-refractivity contribution is 9.10. The van der Waals surface area contributed by atoms with Crippen LogP contribution in [-0.4, -0.2) is 17.0 Å². The zero-order chi connectivity index (χ0) is 17.1. The first-order valence-electron chi connectivity index (χ1n) is 6.92. The number of thioether (sulfide) groups is 1. The maximum Gasteiger partial charge on any atom is 0.264 e. The highest BCUT2D eigenvalue weighted by atomic mass is 79.9. The fourth-order valence-corrected chi connectivity index (χ4v) is 3.10. The molecule has 0 radical (unpaired) electrons. The molecule has 24 heavy (non-hydrogen) atoms. The number of furan rings is 1. The molecule has 3 rings (SSSR count). The van der Waals surface area contributed by atoms with Crippen LogP contribution in [0.4, 0.5) is 11.4 Å². The molecule has 6 nitrogen and oxygen atoms in total. The largest absolute Gasteiger partial charge is 0.450 e. The lowest BCUT2D eigenvalue weighted by molar-refractivity contribution is -0.115. The third kappa shape index (κ3) is 4.15. The lowest BCUT2D eigenvalue weighted by Gasteiger charge is -2.02. The van der Waals surface area contributed by atoms with Crippen LogP contribution in [0, 0.1) is 0 Å². The fourth-order valence-electron chi connectivity index (χ4n) is 1.96. The number of hydrogen-bond acceptors (Lipinski definition) is 5. The standard InChI is InChI=1S/C16H12BrN3O3S/c1-9(21)18-10-2-4-11(5-3-10)19-16-20-15(22)13(24-16)8-12-6-7-14(17)23-12/h2-8H,1H3,(H,18,21)(H,19,20,22)/b13-8+. The Balaban J connectivity index is 1.74. The number of rotatable bonds is 3. The van der Waals surface area contributed by atoms with Crippen molar-refractivity contribution in [3.05, 3.63) is 51.7 Å². The third-order valence-electron chi connectivity index (χ3n) is 2.94. The van der Waals surface area contributed by atoms with Crippen molar-refractivity contribution in [2.75, 3.05) is 5.32 Å². The molecular weight excluding hydrogens is 394 g/mol. The number of halogens is 1. The average molecular weight is 406 g/mol. The van der Waals surface area contributed by atoms with E-state index in [9.17, 15) is 9.59 Å². The van der Waals surface area contributed by atoms with Crippen molar-refractivity contribution in [2.24, 2.45) is 4.99 Å². The number of carbonyl (C=O) groups is 2. The number of carbonyl (C=O) groups excluding carboxylic acids is 2. The van der Waals surface area contributed by atoms with Gasteiger partial charge in [0.1, 0.15) is 5.76 Å². The molecule has 1 saturated heterocycles. The van der Waals surface area contributed by atoms with Crippen LogP contribution in [0.3, 0.4) is 0 Å². The summed E-state index contributed by atoms with van der Waals surface area (Å²) in [5.41, 5.74) is 1.37. The lowest BCUT2D eigenvalue weighted by Crippen LogP contribution is -2.19. The van der Waals surface area contributed by atoms with Gasteiger partial charge in [0.15, 0.2) is 9.84 Å². The van der Waals surface area contributed by atoms with E-state index in [1.807, 2.05) is 0 Å². The van der Waals surface area contributed by atoms with Gasteiger partial charge in [-0.1, -0.05) is 0 Å². The summed E-state index contributed by atoms with van der Waals surface area (Å²) in [5.74, 6) is 0.230. The van der Waals surface area contributed by atoms with Crippen molar-refractivity contribution in [3.8, 4) is 0 Å². The zero-order valence-electron chi connectivity index (χ0n) is 12.5. The van der Waals surface area contributed by atoms with Gasteiger partial charge in [-0.25, -0.2) is 4.99 Å². The third-order valence-corrected chi connectivity index (χ3v) is 4.27. The minimum atomic E-state index is -0.221. The van der Waals surface area contributed by atoms with Gasteiger partial charge in [0.05, 0.1) is 10.6 Å². The molecule has 0 saturated carbocycles. The molecular formula is C16H12BrN3O3S. The SMILES string of the molecule is CC(=O)Nc1ccc(N=C2NC(=O)/C(=C\c3ccc(Br)o3)S2)cc1. The molecule has 8 heteroatoms. The smallest absolute Gasteiger partial charge is 0.264 e. The van der Waals surface area contributed by atoms with Gasteiger partial charge < -0.3 is 15.1 Å². The van der Waals surface area contributed by atoms with Crippen LogP contribution in [0.15, 0.2) is 55.4 Å². The summed E-state index contributed by atoms with van der Waals surface area (Å²) in [6, 6.07) is 10.5. The number of hydrogen-bond donors (Lipinski definition) is 2. The van der Waals surface area contributed by atoms with Crippen LogP contribution < -0.4 is 10.6 Å². The monoisotopic (exact) mass is 405 g/mol. The average Bonchev–Trinajstić information content (AvgIpc) is 3.07. The second-order valence-corrected chi connectivity index (χ2v) is 6.66. The molecule has 1 aliphatic rings. The number of amides is 2. The quantitative estimate of drug-likeness (QED) is 0.758. The van der Waals surface area contributed by atoms with E-state index in [1.54, 1.807) is 42.5 Å². The Kier molecular flexibility index (Phi) is 4.86. The Morgan fingerprint density at radius 3 is 2.67 bits per heavy atom. The predicted molar refractivity (Wildman–Crippen MR) is 98.0 cm³/mol. The van der Waals surface area contributed by atoms with Crippen molar-refractivity contribution >= 4 is 62.1 Å². The maximum absolute atomic E-state index is 12.0. The van der Waals surface area contributed by atoms with Gasteiger partial charge in [-0.05, 0) is 64.1 Å². The Morgan fingerprint density at radius 1 is 1.29 bits per heavy atom. The van der Waals surface area contributed by atoms with E-state index in [1.165, 1.54) is 18.7 Å². The number of nitrogens with zero attached hydrogens (tertiary/aromatic N) is 1. The molecule has 2 amide bonds. The van der Waals surface area contributed by atoms with Crippen LogP contribution in [0.2, 0.25) is 0 Å². The fraction of sp³-hybridized carbons (Fsp3) is 0.0625. The second kappa shape index (κ2) is 7.06. The van der Waals surface area contributed by atoms with Gasteiger partial charge in [-0.3, -0.25) is 9.59 Å². The van der Waals surface area contributed by atoms with E-state index < -0.39 is 0 Å². The molecule has 0 aliphatic carbocycles. The molecule has 2 N–H and O–H groups in total. The topological polar surface area (TPSA) is 83.7 Å². The minimum Gasteiger partial charge on any atom is -0.450 e. The lowest BCUT2D eigenvalue weighted by atomic mass is 10.3. The zero-order valence-corrected chi connectivity index (χ0v) is 14.9. The van der Waals surface area contributed by atoms with Crippen LogP contribution in [-0.2, 0) is 9.59 Å². The first-order valence-corrected chi connectivity index (χ1v) is 8.53. The summed E-state index contributed by atoms with van der Waals surface area (Å²) in [5, 5.41) is 5.88. The van der Waals surface area contributed by atoms with Crippen LogP contribution in [0.25, 0.3) is 6.08 Å². The second-order valence-electron chi connectivity index (χ2n) is 4.85. The van der Waals surface area contributed by atoms with Crippen molar-refractivity contribution in [1.29, 1.82) is 0 Å². The van der Waals surface area contributed by atoms with Gasteiger partial charge in [-0.2, -0.15) is 0 Å². The summed E-state index contributed by atoms with van der Waals surface area (Å²) in [4.78, 5) is 27.9. The highest BCUT2D eigenvalue weighted by Crippen LogP contribution is 2.29. The molecule has 0 atom stereocenters. The van der Waals surface area contributed by atoms with Gasteiger partial charge in [0.25, 0.3) is 5.91 Å². The minimum absolute atomic E-state index is 0.132. The van der Waals surface area contributed by atoms with Crippen molar-refractivity contribution in [1.82, 2.24) is 5.32 Å². The molecule has 1 fully saturated rings. The molecule has 0 unspecified atom stereocenters. The number of benzene rings is 1. The Morgan fingerprint density at radius 2 is 2.04 bits per heavy atom. The molecule has 2 heterocycles. The van der Waals surface area contributed by atoms with E-state index >= 15 is 0 Å². The van der Waals surface area contributed by atoms with Crippen LogP contribution >= 0.6 is 27.7 Å². The summed E-state index contributed by atoms with van der Waals surface area (Å²) in [7, 11) is 0. The van der Waals surface area contributed by atoms with Crippen molar-refractivity contribution < 1.29 is 14.0 Å².